The van der Waals surface area contributed by atoms with Crippen molar-refractivity contribution in [3.8, 4) is 6.07 Å². The predicted molar refractivity (Wildman–Crippen MR) is 586 cm³/mol. The molecule has 145 heavy (non-hydrogen) atoms. The van der Waals surface area contributed by atoms with E-state index < -0.39 is 62.0 Å². The van der Waals surface area contributed by atoms with Gasteiger partial charge in [0.05, 0.1) is 53.6 Å². The molecule has 0 radical (unpaired) electrons. The number of nitrogens with two attached hydrogens (primary N) is 2. The Hall–Kier alpha value is -9.98. The van der Waals surface area contributed by atoms with Crippen molar-refractivity contribution in [2.75, 3.05) is 26.3 Å². The first-order valence-electron chi connectivity index (χ1n) is 41.8. The van der Waals surface area contributed by atoms with Crippen LogP contribution in [0, 0.1) is 21.7 Å². The zero-order chi connectivity index (χ0) is 106. The number of hydrogen-bond donors (Lipinski definition) is 4. The molecule has 0 aliphatic heterocycles. The molecule has 13 aromatic rings. The number of anilines is 4. The van der Waals surface area contributed by atoms with Crippen LogP contribution >= 0.6 is 122 Å². The summed E-state index contributed by atoms with van der Waals surface area (Å²) >= 11 is 37.3. The number of ketones is 3. The molecule has 0 saturated carbocycles. The van der Waals surface area contributed by atoms with Gasteiger partial charge in [0.2, 0.25) is 0 Å². The van der Waals surface area contributed by atoms with Gasteiger partial charge in [-0.15, -0.1) is 23.2 Å². The standard InChI is InChI=1S/2C22H21ClN2O4S.C22H21ClN2O3S.C12H9ClN2O.C10H13ClO2S.C6H6ClN.C6H4N2.CH2Cl2.2CH4.Al.3ClH.Na/c2*1-22(2,3)16-4-7-18(8-5-16)30(28,29)24-20-9-6-17(23)14-19(20)21(26)15-10-12-25(27)13-11-15;1-22(2,3)16-4-7-18(8-5-16)29(27,28)25-20-9-6-17(23)14-19(20)21(26)15-10-12-24-13-11-15;13-9-1-2-11(14)10(7-9)12(16)8-3-5-15-6-4-8;1-10(2,3)8-4-6-9(7-5-8)14(11,12)13;7-5-1-3-6(8)4-2-5;7-5-6-1-3-8-4-2-6;2-1-3;;;;;;;/h4-14,26H,1-3H3;4-14,24H,1-3H3;4-14,25H,1-3H3;1-7H,14H2;4-7H,1-3H3;1-4H,8H2;1-4H;1H2;2*1H4;;3*1H;/q;;;;;;;;;;+3;;;;+1/p-4. The Balaban J connectivity index is 0.000000446. The van der Waals surface area contributed by atoms with Gasteiger partial charge in [-0.1, -0.05) is 210 Å². The van der Waals surface area contributed by atoms with Crippen LogP contribution in [-0.4, -0.2) is 88.4 Å². The number of carbonyl (C=O) groups is 3. The number of nitrogen functional groups attached to an aromatic ring is 2. The van der Waals surface area contributed by atoms with E-state index in [9.17, 15) is 63.6 Å². The number of sulfonamides is 3. The molecule has 5 heterocycles. The summed E-state index contributed by atoms with van der Waals surface area (Å²) < 4.78 is 109. The number of pyridine rings is 5. The molecule has 8 aromatic carbocycles. The fourth-order valence-electron chi connectivity index (χ4n) is 11.8. The van der Waals surface area contributed by atoms with Gasteiger partial charge in [-0.3, -0.25) is 38.8 Å². The summed E-state index contributed by atoms with van der Waals surface area (Å²) in [4.78, 5) is 49.7. The first-order chi connectivity index (χ1) is 66.3. The summed E-state index contributed by atoms with van der Waals surface area (Å²) in [5, 5.41) is 45.9. The van der Waals surface area contributed by atoms with E-state index >= 15 is 0 Å². The van der Waals surface area contributed by atoms with Crippen molar-refractivity contribution in [2.45, 2.75) is 139 Å². The van der Waals surface area contributed by atoms with Crippen LogP contribution < -0.4 is 65.0 Å². The van der Waals surface area contributed by atoms with Crippen LogP contribution in [0.4, 0.5) is 22.7 Å². The molecule has 14 rings (SSSR count). The second-order valence-corrected chi connectivity index (χ2v) is 51.0. The fraction of sp³-hybridized carbons (Fsp3) is 0.184. The van der Waals surface area contributed by atoms with Crippen molar-refractivity contribution in [3.63, 3.8) is 0 Å². The smallest absolute Gasteiger partial charge is 0.872 e. The van der Waals surface area contributed by atoms with Gasteiger partial charge in [-0.25, -0.2) is 55.4 Å². The monoisotopic (exact) mass is 2280 g/mol. The predicted octanol–water partition coefficient (Wildman–Crippen LogP) is 22.3. The zero-order valence-corrected chi connectivity index (χ0v) is 93.8. The number of rotatable bonds is 16. The minimum atomic E-state index is -4.06. The van der Waals surface area contributed by atoms with E-state index in [-0.39, 0.29) is 158 Å². The molecule has 5 aromatic heterocycles. The molecule has 0 fully saturated rings. The van der Waals surface area contributed by atoms with Crippen LogP contribution in [0.25, 0.3) is 5.76 Å². The fourth-order valence-corrected chi connectivity index (χ4v) is 16.6. The Bertz CT molecular complexity index is 7130. The quantitative estimate of drug-likeness (QED) is 0.0102. The molecule has 0 amide bonds. The van der Waals surface area contributed by atoms with Crippen molar-refractivity contribution < 1.29 is 92.2 Å². The van der Waals surface area contributed by atoms with Gasteiger partial charge in [0.25, 0.3) is 39.1 Å². The Labute approximate surface area is 927 Å². The number of hydrogen-bond acceptors (Lipinski definition) is 20. The second kappa shape index (κ2) is 59.3. The SMILES string of the molecule is C.C.CC(C)(C)c1ccc(S(=O)(=O)Cl)cc1.CC(C)(C)c1ccc(S(=O)(=O)N=C2C=CC(Cl)=CC2=C([O-])c2cc[n+]([O-])cc2)cc1.CC(C)(C)c1ccc(S(=O)(=O)Nc2ccc(Cl)cc2C(=O)c2cc[n+]([O-])cc2)cc1.CC(C)(C)c1ccc(S(=O)(=O)Nc2ccc(Cl)cc2C(=O)c2ccncc2)cc1.ClCCl.N#Cc1ccncc1.Nc1ccc(Cl)cc1.Nc1ccc(Cl)cc1C(=O)c1ccncc1.[Cl][Al]([Cl])[Cl].[Na+]. The average Bonchev–Trinajstić information content (AvgIpc) is 0.797. The molecular weight excluding hydrogens is 2180 g/mol. The molecule has 6 N–H and O–H groups in total. The maximum atomic E-state index is 12.9. The summed E-state index contributed by atoms with van der Waals surface area (Å²) in [6.07, 6.45) is 18.3. The third kappa shape index (κ3) is 43.0. The molecule has 0 saturated heterocycles. The molecule has 42 heteroatoms. The minimum absolute atomic E-state index is 0. The molecule has 0 atom stereocenters. The number of carbonyl (C=O) groups excluding carboxylic acids is 3. The molecule has 0 spiro atoms. The van der Waals surface area contributed by atoms with E-state index in [0.29, 0.717) is 47.4 Å². The Morgan fingerprint density at radius 1 is 0.428 bits per heavy atom. The van der Waals surface area contributed by atoms with Gasteiger partial charge in [0.1, 0.15) is 0 Å². The summed E-state index contributed by atoms with van der Waals surface area (Å²) in [7, 11) is 4.56. The van der Waals surface area contributed by atoms with Crippen LogP contribution in [0.3, 0.4) is 0 Å². The van der Waals surface area contributed by atoms with Crippen LogP contribution in [0.1, 0.15) is 179 Å². The van der Waals surface area contributed by atoms with Crippen molar-refractivity contribution in [1.82, 2.24) is 15.0 Å². The van der Waals surface area contributed by atoms with Crippen LogP contribution in [-0.2, 0) is 60.8 Å². The minimum Gasteiger partial charge on any atom is -0.872 e. The summed E-state index contributed by atoms with van der Waals surface area (Å²) in [6.45, 7) is 24.6. The molecule has 0 unspecified atom stereocenters. The van der Waals surface area contributed by atoms with Gasteiger partial charge in [-0.05, 0) is 237 Å². The van der Waals surface area contributed by atoms with Crippen molar-refractivity contribution in [2.24, 2.45) is 4.40 Å². The molecular formula is C103H104AlCl11N11NaO14S4. The number of alkyl halides is 2. The summed E-state index contributed by atoms with van der Waals surface area (Å²) in [5.41, 5.74) is 19.0. The first kappa shape index (κ1) is 129. The molecule has 0 bridgehead atoms. The number of benzene rings is 8. The molecule has 760 valence electrons. The first-order valence-corrected chi connectivity index (χ1v) is 56.8. The number of halogens is 11. The maximum absolute atomic E-state index is 12.9. The van der Waals surface area contributed by atoms with Gasteiger partial charge >= 0.3 is 40.9 Å². The Kier molecular flexibility index (Phi) is 52.8. The summed E-state index contributed by atoms with van der Waals surface area (Å²) in [6, 6.07) is 64.3. The van der Waals surface area contributed by atoms with Gasteiger partial charge in [0.15, 0.2) is 42.1 Å². The van der Waals surface area contributed by atoms with E-state index in [4.69, 9.17) is 139 Å². The zero-order valence-electron chi connectivity index (χ0n) is 79.1. The van der Waals surface area contributed by atoms with E-state index in [1.54, 1.807) is 164 Å². The topological polar surface area (TPSA) is 416 Å². The normalized spacial score (nSPS) is 12.1. The van der Waals surface area contributed by atoms with Crippen LogP contribution in [0.5, 0.6) is 0 Å². The van der Waals surface area contributed by atoms with Gasteiger partial charge in [-0.2, -0.15) is 27.5 Å². The number of nitriles is 1. The van der Waals surface area contributed by atoms with Gasteiger partial charge < -0.3 is 27.0 Å². The van der Waals surface area contributed by atoms with Crippen molar-refractivity contribution in [1.29, 1.82) is 5.26 Å². The third-order valence-corrected chi connectivity index (χ3v) is 26.0. The third-order valence-electron chi connectivity index (χ3n) is 19.4. The largest absolute Gasteiger partial charge is 1.00 e. The molecule has 25 nitrogen and oxygen atoms in total. The second-order valence-electron chi connectivity index (χ2n) is 34.0. The van der Waals surface area contributed by atoms with Crippen molar-refractivity contribution >= 4 is 224 Å². The van der Waals surface area contributed by atoms with Crippen LogP contribution in [0.15, 0.2) is 351 Å². The van der Waals surface area contributed by atoms with E-state index in [2.05, 4.69) is 70.3 Å². The Morgan fingerprint density at radius 3 is 1.05 bits per heavy atom. The summed E-state index contributed by atoms with van der Waals surface area (Å²) in [5.74, 6) is -1.45. The van der Waals surface area contributed by atoms with E-state index in [0.717, 1.165) is 33.0 Å². The number of nitrogens with zero attached hydrogens (tertiary/aromatic N) is 7. The number of aromatic nitrogens is 5. The molecule has 1 aliphatic rings. The van der Waals surface area contributed by atoms with E-state index in [1.807, 2.05) is 47.6 Å². The number of nitrogens with one attached hydrogen (secondary N) is 2. The van der Waals surface area contributed by atoms with Crippen LogP contribution in [0.2, 0.25) is 20.1 Å². The Morgan fingerprint density at radius 2 is 0.724 bits per heavy atom. The molecule has 1 aliphatic carbocycles. The maximum Gasteiger partial charge on any atom is 1.00 e. The average molecular weight is 2290 g/mol. The number of allylic oxidation sites excluding steroid dienone is 5. The van der Waals surface area contributed by atoms with Crippen molar-refractivity contribution in [3.05, 3.63) is 425 Å². The van der Waals surface area contributed by atoms with E-state index in [1.165, 1.54) is 152 Å². The van der Waals surface area contributed by atoms with Gasteiger partial charge in [0, 0.05) is 142 Å².